The summed E-state index contributed by atoms with van der Waals surface area (Å²) >= 11 is 0. The van der Waals surface area contributed by atoms with E-state index in [0.29, 0.717) is 5.92 Å². The van der Waals surface area contributed by atoms with E-state index in [9.17, 15) is 0 Å². The second kappa shape index (κ2) is 6.90. The van der Waals surface area contributed by atoms with Crippen LogP contribution in [-0.4, -0.2) is 24.6 Å². The van der Waals surface area contributed by atoms with Crippen LogP contribution >= 0.6 is 0 Å². The van der Waals surface area contributed by atoms with Gasteiger partial charge in [0.15, 0.2) is 0 Å². The highest BCUT2D eigenvalue weighted by Gasteiger charge is 2.24. The summed E-state index contributed by atoms with van der Waals surface area (Å²) in [5, 5.41) is 3.53. The molecule has 19 heavy (non-hydrogen) atoms. The summed E-state index contributed by atoms with van der Waals surface area (Å²) < 4.78 is 0. The van der Waals surface area contributed by atoms with Crippen molar-refractivity contribution in [1.29, 1.82) is 0 Å². The fourth-order valence-electron chi connectivity index (χ4n) is 2.35. The first-order chi connectivity index (χ1) is 9.20. The summed E-state index contributed by atoms with van der Waals surface area (Å²) in [5.74, 6) is 1.61. The third-order valence-electron chi connectivity index (χ3n) is 3.65. The zero-order valence-electron chi connectivity index (χ0n) is 12.5. The Morgan fingerprint density at radius 2 is 2.21 bits per heavy atom. The number of nitrogens with one attached hydrogen (secondary N) is 1. The molecule has 1 aromatic heterocycles. The Bertz CT molecular complexity index is 385. The third-order valence-corrected chi connectivity index (χ3v) is 3.65. The Morgan fingerprint density at radius 3 is 2.84 bits per heavy atom. The van der Waals surface area contributed by atoms with Crippen molar-refractivity contribution < 1.29 is 0 Å². The minimum absolute atomic E-state index is 0.694. The molecular weight excluding hydrogens is 234 g/mol. The Balaban J connectivity index is 2.00. The fourth-order valence-corrected chi connectivity index (χ4v) is 2.35. The highest BCUT2D eigenvalue weighted by atomic mass is 15.1. The lowest BCUT2D eigenvalue weighted by Gasteiger charge is -2.25. The van der Waals surface area contributed by atoms with Crippen molar-refractivity contribution in [2.45, 2.75) is 40.2 Å². The van der Waals surface area contributed by atoms with Crippen LogP contribution in [0.4, 0.5) is 5.69 Å². The third kappa shape index (κ3) is 4.50. The van der Waals surface area contributed by atoms with Crippen LogP contribution in [0, 0.1) is 11.8 Å². The number of rotatable bonds is 8. The highest BCUT2D eigenvalue weighted by Crippen LogP contribution is 2.32. The first-order valence-corrected chi connectivity index (χ1v) is 7.59. The number of anilines is 1. The standard InChI is InChI=1S/C16H27N3/c1-4-19(12-14-5-6-14)16-11-17-8-7-15(16)10-18-9-13(2)3/h7-8,11,13-14,18H,4-6,9-10,12H2,1-3H3. The van der Waals surface area contributed by atoms with Gasteiger partial charge >= 0.3 is 0 Å². The molecule has 1 aliphatic rings. The lowest BCUT2D eigenvalue weighted by atomic mass is 10.1. The van der Waals surface area contributed by atoms with Gasteiger partial charge in [-0.05, 0) is 49.8 Å². The van der Waals surface area contributed by atoms with Gasteiger partial charge < -0.3 is 10.2 Å². The molecule has 0 bridgehead atoms. The molecule has 1 fully saturated rings. The van der Waals surface area contributed by atoms with E-state index in [1.807, 2.05) is 12.4 Å². The fraction of sp³-hybridized carbons (Fsp3) is 0.688. The van der Waals surface area contributed by atoms with Gasteiger partial charge in [0.25, 0.3) is 0 Å². The number of aromatic nitrogens is 1. The van der Waals surface area contributed by atoms with Crippen LogP contribution in [0.3, 0.4) is 0 Å². The van der Waals surface area contributed by atoms with Crippen molar-refractivity contribution >= 4 is 5.69 Å². The molecule has 3 nitrogen and oxygen atoms in total. The first-order valence-electron chi connectivity index (χ1n) is 7.59. The average Bonchev–Trinajstić information content (AvgIpc) is 3.20. The molecule has 1 saturated carbocycles. The summed E-state index contributed by atoms with van der Waals surface area (Å²) in [5.41, 5.74) is 2.69. The maximum atomic E-state index is 4.32. The van der Waals surface area contributed by atoms with E-state index in [0.717, 1.165) is 25.6 Å². The molecule has 0 atom stereocenters. The van der Waals surface area contributed by atoms with Crippen LogP contribution in [0.15, 0.2) is 18.5 Å². The second-order valence-electron chi connectivity index (χ2n) is 6.01. The summed E-state index contributed by atoms with van der Waals surface area (Å²) in [7, 11) is 0. The van der Waals surface area contributed by atoms with Crippen LogP contribution < -0.4 is 10.2 Å². The number of hydrogen-bond donors (Lipinski definition) is 1. The van der Waals surface area contributed by atoms with Crippen LogP contribution in [0.5, 0.6) is 0 Å². The van der Waals surface area contributed by atoms with E-state index >= 15 is 0 Å². The second-order valence-corrected chi connectivity index (χ2v) is 6.01. The average molecular weight is 261 g/mol. The number of pyridine rings is 1. The molecule has 1 aliphatic carbocycles. The molecule has 0 amide bonds. The van der Waals surface area contributed by atoms with Crippen LogP contribution in [0.1, 0.15) is 39.2 Å². The van der Waals surface area contributed by atoms with E-state index in [4.69, 9.17) is 0 Å². The summed E-state index contributed by atoms with van der Waals surface area (Å²) in [6.07, 6.45) is 6.73. The number of hydrogen-bond acceptors (Lipinski definition) is 3. The van der Waals surface area contributed by atoms with Crippen molar-refractivity contribution in [1.82, 2.24) is 10.3 Å². The maximum absolute atomic E-state index is 4.32. The molecule has 0 spiro atoms. The zero-order valence-corrected chi connectivity index (χ0v) is 12.5. The van der Waals surface area contributed by atoms with Crippen molar-refractivity contribution in [3.8, 4) is 0 Å². The van der Waals surface area contributed by atoms with E-state index in [1.54, 1.807) is 0 Å². The van der Waals surface area contributed by atoms with Gasteiger partial charge in [-0.3, -0.25) is 4.98 Å². The molecule has 0 saturated heterocycles. The predicted molar refractivity (Wildman–Crippen MR) is 81.4 cm³/mol. The van der Waals surface area contributed by atoms with Crippen molar-refractivity contribution in [2.75, 3.05) is 24.5 Å². The summed E-state index contributed by atoms with van der Waals surface area (Å²) in [6.45, 7) is 11.0. The Morgan fingerprint density at radius 1 is 1.42 bits per heavy atom. The molecule has 0 aromatic carbocycles. The smallest absolute Gasteiger partial charge is 0.0598 e. The van der Waals surface area contributed by atoms with Crippen LogP contribution in [0.2, 0.25) is 0 Å². The lowest BCUT2D eigenvalue weighted by molar-refractivity contribution is 0.551. The van der Waals surface area contributed by atoms with Crippen molar-refractivity contribution in [2.24, 2.45) is 11.8 Å². The first kappa shape index (κ1) is 14.3. The van der Waals surface area contributed by atoms with E-state index < -0.39 is 0 Å². The Labute approximate surface area is 117 Å². The van der Waals surface area contributed by atoms with Gasteiger partial charge in [0.05, 0.1) is 11.9 Å². The molecule has 2 rings (SSSR count). The van der Waals surface area contributed by atoms with E-state index in [-0.39, 0.29) is 0 Å². The maximum Gasteiger partial charge on any atom is 0.0598 e. The Kier molecular flexibility index (Phi) is 5.20. The van der Waals surface area contributed by atoms with Gasteiger partial charge in [0, 0.05) is 25.8 Å². The molecule has 106 valence electrons. The van der Waals surface area contributed by atoms with E-state index in [2.05, 4.69) is 42.0 Å². The molecule has 0 radical (unpaired) electrons. The highest BCUT2D eigenvalue weighted by molar-refractivity contribution is 5.51. The van der Waals surface area contributed by atoms with Gasteiger partial charge in [-0.1, -0.05) is 13.8 Å². The quantitative estimate of drug-likeness (QED) is 0.779. The molecule has 1 N–H and O–H groups in total. The van der Waals surface area contributed by atoms with Gasteiger partial charge in [0.2, 0.25) is 0 Å². The molecule has 0 unspecified atom stereocenters. The minimum atomic E-state index is 0.694. The lowest BCUT2D eigenvalue weighted by Crippen LogP contribution is -2.28. The minimum Gasteiger partial charge on any atom is -0.370 e. The molecular formula is C16H27N3. The van der Waals surface area contributed by atoms with Crippen LogP contribution in [0.25, 0.3) is 0 Å². The molecule has 1 aromatic rings. The van der Waals surface area contributed by atoms with Gasteiger partial charge in [0.1, 0.15) is 0 Å². The van der Waals surface area contributed by atoms with Crippen molar-refractivity contribution in [3.63, 3.8) is 0 Å². The molecule has 0 aliphatic heterocycles. The summed E-state index contributed by atoms with van der Waals surface area (Å²) in [6, 6.07) is 2.15. The largest absolute Gasteiger partial charge is 0.370 e. The van der Waals surface area contributed by atoms with Crippen molar-refractivity contribution in [3.05, 3.63) is 24.0 Å². The predicted octanol–water partition coefficient (Wildman–Crippen LogP) is 3.06. The summed E-state index contributed by atoms with van der Waals surface area (Å²) in [4.78, 5) is 6.80. The van der Waals surface area contributed by atoms with E-state index in [1.165, 1.54) is 30.6 Å². The topological polar surface area (TPSA) is 28.2 Å². The van der Waals surface area contributed by atoms with Gasteiger partial charge in [-0.15, -0.1) is 0 Å². The van der Waals surface area contributed by atoms with Gasteiger partial charge in [-0.2, -0.15) is 0 Å². The Hall–Kier alpha value is -1.09. The van der Waals surface area contributed by atoms with Crippen LogP contribution in [-0.2, 0) is 6.54 Å². The SMILES string of the molecule is CCN(CC1CC1)c1cnccc1CNCC(C)C. The normalized spacial score (nSPS) is 14.9. The zero-order chi connectivity index (χ0) is 13.7. The monoisotopic (exact) mass is 261 g/mol. The molecule has 3 heteroatoms. The molecule has 1 heterocycles. The van der Waals surface area contributed by atoms with Gasteiger partial charge in [-0.25, -0.2) is 0 Å². The number of nitrogens with zero attached hydrogens (tertiary/aromatic N) is 2.